The Balaban J connectivity index is 0.000000176. The number of carbonyl (C=O) groups excluding carboxylic acids is 2. The van der Waals surface area contributed by atoms with E-state index in [4.69, 9.17) is 0 Å². The summed E-state index contributed by atoms with van der Waals surface area (Å²) in [6, 6.07) is 0. The number of rotatable bonds is 2. The Hall–Kier alpha value is -1.70. The molecule has 0 radical (unpaired) electrons. The van der Waals surface area contributed by atoms with Gasteiger partial charge in [0.2, 0.25) is 0 Å². The van der Waals surface area contributed by atoms with Crippen LogP contribution in [0.25, 0.3) is 0 Å². The largest absolute Gasteiger partial charge is 0.295 e. The lowest BCUT2D eigenvalue weighted by atomic mass is 9.87. The zero-order valence-corrected chi connectivity index (χ0v) is 20.5. The summed E-state index contributed by atoms with van der Waals surface area (Å²) in [6.07, 6.45) is 9.36. The van der Waals surface area contributed by atoms with Crippen LogP contribution in [0.4, 0.5) is 0 Å². The Morgan fingerprint density at radius 3 is 1.87 bits per heavy atom. The van der Waals surface area contributed by atoms with Gasteiger partial charge in [-0.3, -0.25) is 9.59 Å². The van der Waals surface area contributed by atoms with Gasteiger partial charge in [0.25, 0.3) is 0 Å². The first-order valence-corrected chi connectivity index (χ1v) is 12.4. The standard InChI is InChI=1S/C15H22O.C14H20O/c1-9(2)12-6-5-10(3)15-13(8-12)11(4)7-14(15)16;1-9(2)11-5-4-10(3)12-6-7-14(15)13(12)8-11/h10-12H,1,5-8H2,2-4H3;10-11H,1,4-8H2,2-3H3/t10-,11-,12+;10-,11+/m00/s1. The van der Waals surface area contributed by atoms with Gasteiger partial charge in [-0.2, -0.15) is 0 Å². The van der Waals surface area contributed by atoms with Crippen molar-refractivity contribution in [2.24, 2.45) is 29.6 Å². The Labute approximate surface area is 190 Å². The highest BCUT2D eigenvalue weighted by Crippen LogP contribution is 2.44. The van der Waals surface area contributed by atoms with Crippen LogP contribution in [0, 0.1) is 29.6 Å². The smallest absolute Gasteiger partial charge is 0.159 e. The molecule has 0 aromatic rings. The Kier molecular flexibility index (Phi) is 7.60. The first-order valence-electron chi connectivity index (χ1n) is 12.4. The van der Waals surface area contributed by atoms with Crippen molar-refractivity contribution in [1.82, 2.24) is 0 Å². The highest BCUT2D eigenvalue weighted by molar-refractivity contribution is 5.99. The maximum atomic E-state index is 12.0. The van der Waals surface area contributed by atoms with Crippen molar-refractivity contribution in [3.8, 4) is 0 Å². The summed E-state index contributed by atoms with van der Waals surface area (Å²) in [5.41, 5.74) is 7.78. The second-order valence-corrected chi connectivity index (χ2v) is 10.8. The first-order chi connectivity index (χ1) is 14.6. The monoisotopic (exact) mass is 422 g/mol. The fourth-order valence-corrected chi connectivity index (χ4v) is 6.15. The molecular weight excluding hydrogens is 380 g/mol. The predicted molar refractivity (Wildman–Crippen MR) is 130 cm³/mol. The molecule has 2 nitrogen and oxygen atoms in total. The molecule has 2 heteroatoms. The van der Waals surface area contributed by atoms with Crippen LogP contribution in [0.3, 0.4) is 0 Å². The van der Waals surface area contributed by atoms with Crippen molar-refractivity contribution in [2.45, 2.75) is 92.4 Å². The molecule has 0 N–H and O–H groups in total. The number of ketones is 2. The molecule has 0 aromatic heterocycles. The lowest BCUT2D eigenvalue weighted by Gasteiger charge is -2.17. The molecule has 4 aliphatic carbocycles. The third kappa shape index (κ3) is 5.21. The van der Waals surface area contributed by atoms with Crippen molar-refractivity contribution in [1.29, 1.82) is 0 Å². The van der Waals surface area contributed by atoms with E-state index in [9.17, 15) is 9.59 Å². The molecule has 0 bridgehead atoms. The van der Waals surface area contributed by atoms with Crippen LogP contribution in [-0.2, 0) is 9.59 Å². The first kappa shape index (κ1) is 24.0. The van der Waals surface area contributed by atoms with Crippen molar-refractivity contribution < 1.29 is 9.59 Å². The van der Waals surface area contributed by atoms with Gasteiger partial charge in [-0.25, -0.2) is 0 Å². The summed E-state index contributed by atoms with van der Waals surface area (Å²) in [5.74, 6) is 3.53. The van der Waals surface area contributed by atoms with E-state index in [0.29, 0.717) is 41.2 Å². The van der Waals surface area contributed by atoms with Crippen LogP contribution >= 0.6 is 0 Å². The molecule has 0 unspecified atom stereocenters. The van der Waals surface area contributed by atoms with Crippen molar-refractivity contribution in [2.75, 3.05) is 0 Å². The van der Waals surface area contributed by atoms with Crippen LogP contribution in [0.2, 0.25) is 0 Å². The second kappa shape index (κ2) is 9.84. The quantitative estimate of drug-likeness (QED) is 0.430. The van der Waals surface area contributed by atoms with Gasteiger partial charge in [-0.15, -0.1) is 0 Å². The minimum Gasteiger partial charge on any atom is -0.295 e. The maximum absolute atomic E-state index is 12.0. The van der Waals surface area contributed by atoms with E-state index in [-0.39, 0.29) is 0 Å². The molecule has 4 aliphatic rings. The average Bonchev–Trinajstić information content (AvgIpc) is 3.04. The molecule has 0 amide bonds. The minimum absolute atomic E-state index is 0.407. The third-order valence-corrected chi connectivity index (χ3v) is 8.37. The topological polar surface area (TPSA) is 34.1 Å². The summed E-state index contributed by atoms with van der Waals surface area (Å²) in [4.78, 5) is 23.8. The molecule has 0 aliphatic heterocycles. The van der Waals surface area contributed by atoms with Gasteiger partial charge in [0.1, 0.15) is 0 Å². The second-order valence-electron chi connectivity index (χ2n) is 10.8. The SMILES string of the molecule is C=C(C)[C@@H]1CC[C@H](C)C2=C(C1)C(=O)CC2.C=C(C)[C@@H]1CC[C@H](C)C2=C(C1)[C@@H](C)CC2=O. The van der Waals surface area contributed by atoms with E-state index >= 15 is 0 Å². The average molecular weight is 423 g/mol. The predicted octanol–water partition coefficient (Wildman–Crippen LogP) is 7.56. The fraction of sp³-hybridized carbons (Fsp3) is 0.655. The molecule has 170 valence electrons. The van der Waals surface area contributed by atoms with Gasteiger partial charge in [-0.05, 0) is 99.5 Å². The van der Waals surface area contributed by atoms with Gasteiger partial charge >= 0.3 is 0 Å². The molecule has 0 saturated heterocycles. The number of Topliss-reactive ketones (excluding diaryl/α,β-unsaturated/α-hetero) is 2. The molecule has 5 atom stereocenters. The lowest BCUT2D eigenvalue weighted by Crippen LogP contribution is -2.07. The van der Waals surface area contributed by atoms with Crippen molar-refractivity contribution in [3.05, 3.63) is 46.6 Å². The molecule has 0 heterocycles. The zero-order chi connectivity index (χ0) is 22.9. The molecule has 31 heavy (non-hydrogen) atoms. The van der Waals surface area contributed by atoms with Crippen LogP contribution < -0.4 is 0 Å². The van der Waals surface area contributed by atoms with Gasteiger partial charge in [0.15, 0.2) is 11.6 Å². The Bertz CT molecular complexity index is 837. The van der Waals surface area contributed by atoms with Crippen molar-refractivity contribution in [3.63, 3.8) is 0 Å². The Morgan fingerprint density at radius 2 is 1.26 bits per heavy atom. The van der Waals surface area contributed by atoms with E-state index in [0.717, 1.165) is 44.1 Å². The van der Waals surface area contributed by atoms with Crippen LogP contribution in [0.5, 0.6) is 0 Å². The summed E-state index contributed by atoms with van der Waals surface area (Å²) in [5, 5.41) is 0. The van der Waals surface area contributed by atoms with E-state index in [1.54, 1.807) is 0 Å². The lowest BCUT2D eigenvalue weighted by molar-refractivity contribution is -0.116. The Morgan fingerprint density at radius 1 is 0.677 bits per heavy atom. The molecule has 0 fully saturated rings. The maximum Gasteiger partial charge on any atom is 0.159 e. The highest BCUT2D eigenvalue weighted by Gasteiger charge is 2.35. The van der Waals surface area contributed by atoms with Crippen molar-refractivity contribution >= 4 is 11.6 Å². The van der Waals surface area contributed by atoms with E-state index < -0.39 is 0 Å². The van der Waals surface area contributed by atoms with E-state index in [2.05, 4.69) is 47.8 Å². The van der Waals surface area contributed by atoms with Gasteiger partial charge < -0.3 is 0 Å². The number of hydrogen-bond acceptors (Lipinski definition) is 2. The minimum atomic E-state index is 0.407. The van der Waals surface area contributed by atoms with Gasteiger partial charge in [0, 0.05) is 12.8 Å². The van der Waals surface area contributed by atoms with E-state index in [1.165, 1.54) is 47.1 Å². The molecule has 0 aromatic carbocycles. The number of carbonyl (C=O) groups is 2. The summed E-state index contributed by atoms with van der Waals surface area (Å²) in [6.45, 7) is 19.1. The van der Waals surface area contributed by atoms with Gasteiger partial charge in [0.05, 0.1) is 0 Å². The number of hydrogen-bond donors (Lipinski definition) is 0. The molecular formula is C29H42O2. The van der Waals surface area contributed by atoms with E-state index in [1.807, 2.05) is 0 Å². The van der Waals surface area contributed by atoms with Crippen LogP contribution in [0.1, 0.15) is 92.4 Å². The fourth-order valence-electron chi connectivity index (χ4n) is 6.15. The van der Waals surface area contributed by atoms with Crippen LogP contribution in [-0.4, -0.2) is 11.6 Å². The molecule has 0 spiro atoms. The molecule has 4 rings (SSSR count). The van der Waals surface area contributed by atoms with Crippen LogP contribution in [0.15, 0.2) is 46.6 Å². The molecule has 0 saturated carbocycles. The zero-order valence-electron chi connectivity index (χ0n) is 20.5. The summed E-state index contributed by atoms with van der Waals surface area (Å²) >= 11 is 0. The number of allylic oxidation sites excluding steroid dienone is 6. The summed E-state index contributed by atoms with van der Waals surface area (Å²) < 4.78 is 0. The highest BCUT2D eigenvalue weighted by atomic mass is 16.1. The summed E-state index contributed by atoms with van der Waals surface area (Å²) in [7, 11) is 0. The van der Waals surface area contributed by atoms with Gasteiger partial charge in [-0.1, -0.05) is 56.2 Å². The third-order valence-electron chi connectivity index (χ3n) is 8.37. The normalized spacial score (nSPS) is 33.3.